The molecule has 1 unspecified atom stereocenters. The summed E-state index contributed by atoms with van der Waals surface area (Å²) in [7, 11) is 0. The number of esters is 3. The predicted molar refractivity (Wildman–Crippen MR) is 316 cm³/mol. The molecule has 1 atom stereocenters. The fourth-order valence-corrected chi connectivity index (χ4v) is 9.17. The lowest BCUT2D eigenvalue weighted by atomic mass is 10.0. The van der Waals surface area contributed by atoms with Gasteiger partial charge < -0.3 is 14.2 Å². The third kappa shape index (κ3) is 59.9. The first kappa shape index (κ1) is 70.1. The van der Waals surface area contributed by atoms with Crippen LogP contribution in [0.5, 0.6) is 0 Å². The van der Waals surface area contributed by atoms with Gasteiger partial charge in [0.2, 0.25) is 0 Å². The molecule has 0 bridgehead atoms. The highest BCUT2D eigenvalue weighted by Gasteiger charge is 2.19. The molecular weight excluding hydrogens is 901 g/mol. The van der Waals surface area contributed by atoms with E-state index in [1.807, 2.05) is 0 Å². The van der Waals surface area contributed by atoms with Crippen molar-refractivity contribution in [3.63, 3.8) is 0 Å². The van der Waals surface area contributed by atoms with Gasteiger partial charge in [0.25, 0.3) is 0 Å². The fourth-order valence-electron chi connectivity index (χ4n) is 9.17. The molecule has 0 aromatic heterocycles. The molecule has 0 N–H and O–H groups in total. The van der Waals surface area contributed by atoms with E-state index in [0.717, 1.165) is 96.3 Å². The van der Waals surface area contributed by atoms with Gasteiger partial charge >= 0.3 is 17.9 Å². The van der Waals surface area contributed by atoms with Crippen molar-refractivity contribution in [1.29, 1.82) is 0 Å². The normalized spacial score (nSPS) is 12.4. The zero-order valence-electron chi connectivity index (χ0n) is 48.7. The number of hydrogen-bond donors (Lipinski definition) is 0. The van der Waals surface area contributed by atoms with Gasteiger partial charge in [0.1, 0.15) is 13.2 Å². The SMILES string of the molecule is CCCC/C=C\C/C=C\CCCCCCCC(=O)OC(COC(=O)CCCCCCCCCCCCCC/C=C\C/C=C\C/C=C\CCCCCCC)COC(=O)CCCCCCCCCCCCCCCC. The molecule has 0 spiro atoms. The van der Waals surface area contributed by atoms with Crippen molar-refractivity contribution in [2.24, 2.45) is 0 Å². The van der Waals surface area contributed by atoms with Crippen molar-refractivity contribution >= 4 is 17.9 Å². The maximum atomic E-state index is 12.9. The van der Waals surface area contributed by atoms with Gasteiger partial charge in [0, 0.05) is 19.3 Å². The summed E-state index contributed by atoms with van der Waals surface area (Å²) in [6, 6.07) is 0. The Bertz CT molecular complexity index is 1310. The van der Waals surface area contributed by atoms with Crippen molar-refractivity contribution < 1.29 is 28.6 Å². The molecule has 0 aliphatic heterocycles. The highest BCUT2D eigenvalue weighted by atomic mass is 16.6. The molecule has 73 heavy (non-hydrogen) atoms. The topological polar surface area (TPSA) is 78.9 Å². The molecule has 0 heterocycles. The number of allylic oxidation sites excluding steroid dienone is 10. The van der Waals surface area contributed by atoms with E-state index in [9.17, 15) is 14.4 Å². The summed E-state index contributed by atoms with van der Waals surface area (Å²) in [5, 5.41) is 0. The monoisotopic (exact) mass is 1020 g/mol. The van der Waals surface area contributed by atoms with Gasteiger partial charge in [0.15, 0.2) is 6.10 Å². The van der Waals surface area contributed by atoms with Crippen molar-refractivity contribution in [1.82, 2.24) is 0 Å². The first-order valence-electron chi connectivity index (χ1n) is 31.8. The minimum absolute atomic E-state index is 0.0770. The van der Waals surface area contributed by atoms with Crippen LogP contribution in [0.25, 0.3) is 0 Å². The van der Waals surface area contributed by atoms with E-state index in [1.165, 1.54) is 193 Å². The van der Waals surface area contributed by atoms with Crippen LogP contribution < -0.4 is 0 Å². The van der Waals surface area contributed by atoms with Crippen LogP contribution in [-0.4, -0.2) is 37.2 Å². The van der Waals surface area contributed by atoms with Gasteiger partial charge in [-0.3, -0.25) is 14.4 Å². The fraction of sp³-hybridized carbons (Fsp3) is 0.806. The Morgan fingerprint density at radius 1 is 0.274 bits per heavy atom. The Morgan fingerprint density at radius 2 is 0.507 bits per heavy atom. The molecule has 6 nitrogen and oxygen atoms in total. The number of carbonyl (C=O) groups excluding carboxylic acids is 3. The number of hydrogen-bond acceptors (Lipinski definition) is 6. The van der Waals surface area contributed by atoms with Gasteiger partial charge in [-0.1, -0.05) is 287 Å². The van der Waals surface area contributed by atoms with Gasteiger partial charge in [-0.05, 0) is 83.5 Å². The summed E-state index contributed by atoms with van der Waals surface area (Å²) >= 11 is 0. The molecular formula is C67H120O6. The first-order valence-corrected chi connectivity index (χ1v) is 31.8. The summed E-state index contributed by atoms with van der Waals surface area (Å²) in [6.07, 6.45) is 78.0. The van der Waals surface area contributed by atoms with E-state index in [4.69, 9.17) is 14.2 Å². The van der Waals surface area contributed by atoms with Gasteiger partial charge in [-0.15, -0.1) is 0 Å². The van der Waals surface area contributed by atoms with E-state index in [2.05, 4.69) is 81.5 Å². The molecule has 0 aromatic carbocycles. The Labute approximate surface area is 453 Å². The molecule has 0 radical (unpaired) electrons. The van der Waals surface area contributed by atoms with Gasteiger partial charge in [0.05, 0.1) is 0 Å². The second-order valence-electron chi connectivity index (χ2n) is 21.3. The van der Waals surface area contributed by atoms with Crippen LogP contribution in [0.2, 0.25) is 0 Å². The van der Waals surface area contributed by atoms with E-state index < -0.39 is 6.10 Å². The molecule has 0 rings (SSSR count). The molecule has 0 aliphatic rings. The third-order valence-corrected chi connectivity index (χ3v) is 14.0. The number of rotatable bonds is 58. The van der Waals surface area contributed by atoms with Crippen LogP contribution >= 0.6 is 0 Å². The predicted octanol–water partition coefficient (Wildman–Crippen LogP) is 21.6. The zero-order valence-corrected chi connectivity index (χ0v) is 48.7. The molecule has 6 heteroatoms. The van der Waals surface area contributed by atoms with E-state index in [1.54, 1.807) is 0 Å². The lowest BCUT2D eigenvalue weighted by Gasteiger charge is -2.18. The molecule has 0 aromatic rings. The van der Waals surface area contributed by atoms with Crippen LogP contribution in [0, 0.1) is 0 Å². The van der Waals surface area contributed by atoms with Gasteiger partial charge in [-0.2, -0.15) is 0 Å². The Morgan fingerprint density at radius 3 is 0.808 bits per heavy atom. The Balaban J connectivity index is 4.25. The van der Waals surface area contributed by atoms with Crippen molar-refractivity contribution in [2.45, 2.75) is 335 Å². The number of unbranched alkanes of at least 4 members (excludes halogenated alkanes) is 37. The lowest BCUT2D eigenvalue weighted by Crippen LogP contribution is -2.30. The summed E-state index contributed by atoms with van der Waals surface area (Å²) in [6.45, 7) is 6.61. The summed E-state index contributed by atoms with van der Waals surface area (Å²) in [5.41, 5.74) is 0. The van der Waals surface area contributed by atoms with Gasteiger partial charge in [-0.25, -0.2) is 0 Å². The molecule has 0 saturated heterocycles. The summed E-state index contributed by atoms with van der Waals surface area (Å²) in [4.78, 5) is 38.2. The van der Waals surface area contributed by atoms with Crippen LogP contribution in [0.3, 0.4) is 0 Å². The first-order chi connectivity index (χ1) is 36.0. The maximum absolute atomic E-state index is 12.9. The largest absolute Gasteiger partial charge is 0.462 e. The van der Waals surface area contributed by atoms with Crippen LogP contribution in [0.15, 0.2) is 60.8 Å². The minimum Gasteiger partial charge on any atom is -0.462 e. The average molecular weight is 1020 g/mol. The standard InChI is InChI=1S/C67H120O6/c1-4-7-10-13-16-19-22-25-28-29-30-31-32-33-34-35-36-37-38-39-40-43-45-48-51-54-57-60-66(69)72-63-64(73-67(70)61-58-55-52-49-46-42-27-24-21-18-15-12-9-6-3)62-71-65(68)59-56-53-50-47-44-41-26-23-20-17-14-11-8-5-2/h15,18,22,24-25,27,29-30,32-33,64H,4-14,16-17,19-21,23,26,28,31,34-63H2,1-3H3/b18-15-,25-22-,27-24-,30-29-,33-32-. The Kier molecular flexibility index (Phi) is 59.2. The minimum atomic E-state index is -0.780. The smallest absolute Gasteiger partial charge is 0.306 e. The second kappa shape index (κ2) is 61.7. The average Bonchev–Trinajstić information content (AvgIpc) is 3.39. The number of ether oxygens (including phenoxy) is 3. The van der Waals surface area contributed by atoms with E-state index >= 15 is 0 Å². The molecule has 0 fully saturated rings. The highest BCUT2D eigenvalue weighted by Crippen LogP contribution is 2.17. The highest BCUT2D eigenvalue weighted by molar-refractivity contribution is 5.71. The second-order valence-corrected chi connectivity index (χ2v) is 21.3. The molecule has 0 amide bonds. The molecule has 0 aliphatic carbocycles. The maximum Gasteiger partial charge on any atom is 0.306 e. The molecule has 0 saturated carbocycles. The van der Waals surface area contributed by atoms with Crippen molar-refractivity contribution in [2.75, 3.05) is 13.2 Å². The van der Waals surface area contributed by atoms with Crippen LogP contribution in [0.4, 0.5) is 0 Å². The lowest BCUT2D eigenvalue weighted by molar-refractivity contribution is -0.167. The summed E-state index contributed by atoms with van der Waals surface area (Å²) < 4.78 is 16.9. The summed E-state index contributed by atoms with van der Waals surface area (Å²) in [5.74, 6) is -0.877. The van der Waals surface area contributed by atoms with Crippen molar-refractivity contribution in [3.05, 3.63) is 60.8 Å². The number of carbonyl (C=O) groups is 3. The van der Waals surface area contributed by atoms with Crippen LogP contribution in [-0.2, 0) is 28.6 Å². The van der Waals surface area contributed by atoms with E-state index in [0.29, 0.717) is 19.3 Å². The van der Waals surface area contributed by atoms with Crippen molar-refractivity contribution in [3.8, 4) is 0 Å². The van der Waals surface area contributed by atoms with Crippen LogP contribution in [0.1, 0.15) is 329 Å². The van der Waals surface area contributed by atoms with E-state index in [-0.39, 0.29) is 31.1 Å². The third-order valence-electron chi connectivity index (χ3n) is 14.0. The Hall–Kier alpha value is -2.89. The zero-order chi connectivity index (χ0) is 52.9. The quantitative estimate of drug-likeness (QED) is 0.0261. The molecule has 424 valence electrons.